The van der Waals surface area contributed by atoms with Crippen LogP contribution in [0.4, 0.5) is 0 Å². The summed E-state index contributed by atoms with van der Waals surface area (Å²) in [4.78, 5) is 7.51. The van der Waals surface area contributed by atoms with Crippen LogP contribution >= 0.6 is 11.6 Å². The SMILES string of the molecule is CCCNC(c1ncc[nH]1)c1c(Cl)cnn1CCC. The lowest BCUT2D eigenvalue weighted by Gasteiger charge is -2.18. The number of H-pyrrole nitrogens is 1. The van der Waals surface area contributed by atoms with Gasteiger partial charge in [0.2, 0.25) is 0 Å². The molecule has 104 valence electrons. The summed E-state index contributed by atoms with van der Waals surface area (Å²) in [5.41, 5.74) is 0.979. The van der Waals surface area contributed by atoms with Gasteiger partial charge in [0, 0.05) is 18.9 Å². The van der Waals surface area contributed by atoms with Gasteiger partial charge in [-0.25, -0.2) is 4.98 Å². The molecule has 19 heavy (non-hydrogen) atoms. The van der Waals surface area contributed by atoms with E-state index in [1.165, 1.54) is 0 Å². The van der Waals surface area contributed by atoms with Crippen molar-refractivity contribution in [3.8, 4) is 0 Å². The first-order valence-corrected chi connectivity index (χ1v) is 7.09. The number of rotatable bonds is 7. The van der Waals surface area contributed by atoms with Crippen molar-refractivity contribution in [1.29, 1.82) is 0 Å². The summed E-state index contributed by atoms with van der Waals surface area (Å²) in [5, 5.41) is 8.50. The molecule has 0 saturated heterocycles. The minimum Gasteiger partial charge on any atom is -0.347 e. The lowest BCUT2D eigenvalue weighted by molar-refractivity contribution is 0.500. The third-order valence-corrected chi connectivity index (χ3v) is 3.22. The second kappa shape index (κ2) is 6.73. The van der Waals surface area contributed by atoms with E-state index in [1.54, 1.807) is 12.4 Å². The molecule has 2 heterocycles. The van der Waals surface area contributed by atoms with Gasteiger partial charge in [-0.05, 0) is 19.4 Å². The summed E-state index contributed by atoms with van der Waals surface area (Å²) in [5.74, 6) is 0.869. The van der Waals surface area contributed by atoms with Gasteiger partial charge in [0.05, 0.1) is 16.9 Å². The molecule has 0 fully saturated rings. The lowest BCUT2D eigenvalue weighted by Crippen LogP contribution is -2.27. The molecule has 0 bridgehead atoms. The highest BCUT2D eigenvalue weighted by Gasteiger charge is 2.23. The number of nitrogens with zero attached hydrogens (tertiary/aromatic N) is 3. The molecule has 0 aromatic carbocycles. The van der Waals surface area contributed by atoms with E-state index in [9.17, 15) is 0 Å². The van der Waals surface area contributed by atoms with Crippen molar-refractivity contribution < 1.29 is 0 Å². The number of aromatic amines is 1. The number of halogens is 1. The quantitative estimate of drug-likeness (QED) is 0.820. The third kappa shape index (κ3) is 3.16. The molecular formula is C13H20ClN5. The number of nitrogens with one attached hydrogen (secondary N) is 2. The Balaban J connectivity index is 2.34. The van der Waals surface area contributed by atoms with Crippen LogP contribution in [0.15, 0.2) is 18.6 Å². The van der Waals surface area contributed by atoms with Gasteiger partial charge in [-0.15, -0.1) is 0 Å². The fourth-order valence-electron chi connectivity index (χ4n) is 2.10. The van der Waals surface area contributed by atoms with Crippen LogP contribution in [0.3, 0.4) is 0 Å². The van der Waals surface area contributed by atoms with Gasteiger partial charge in [0.15, 0.2) is 0 Å². The number of hydrogen-bond acceptors (Lipinski definition) is 3. The van der Waals surface area contributed by atoms with Gasteiger partial charge in [-0.2, -0.15) is 5.10 Å². The second-order valence-electron chi connectivity index (χ2n) is 4.46. The van der Waals surface area contributed by atoms with Crippen molar-refractivity contribution in [3.05, 3.63) is 35.1 Å². The number of imidazole rings is 1. The Morgan fingerprint density at radius 3 is 2.89 bits per heavy atom. The van der Waals surface area contributed by atoms with Gasteiger partial charge < -0.3 is 10.3 Å². The minimum absolute atomic E-state index is 0.0449. The van der Waals surface area contributed by atoms with Crippen molar-refractivity contribution in [2.24, 2.45) is 0 Å². The van der Waals surface area contributed by atoms with Gasteiger partial charge in [-0.1, -0.05) is 25.4 Å². The molecule has 0 amide bonds. The monoisotopic (exact) mass is 281 g/mol. The zero-order valence-corrected chi connectivity index (χ0v) is 12.1. The van der Waals surface area contributed by atoms with Crippen LogP contribution < -0.4 is 5.32 Å². The lowest BCUT2D eigenvalue weighted by atomic mass is 10.2. The highest BCUT2D eigenvalue weighted by molar-refractivity contribution is 6.31. The Morgan fingerprint density at radius 2 is 2.26 bits per heavy atom. The molecule has 2 aromatic heterocycles. The minimum atomic E-state index is -0.0449. The van der Waals surface area contributed by atoms with Crippen molar-refractivity contribution >= 4 is 11.6 Å². The van der Waals surface area contributed by atoms with E-state index in [0.29, 0.717) is 5.02 Å². The van der Waals surface area contributed by atoms with Crippen LogP contribution in [-0.4, -0.2) is 26.3 Å². The largest absolute Gasteiger partial charge is 0.347 e. The number of aryl methyl sites for hydroxylation is 1. The standard InChI is InChI=1S/C13H20ClN5/c1-3-5-15-11(13-16-6-7-17-13)12-10(14)9-18-19(12)8-4-2/h6-7,9,11,15H,3-5,8H2,1-2H3,(H,16,17). The number of hydrogen-bond donors (Lipinski definition) is 2. The van der Waals surface area contributed by atoms with Crippen molar-refractivity contribution in [2.45, 2.75) is 39.3 Å². The summed E-state index contributed by atoms with van der Waals surface area (Å²) < 4.78 is 1.96. The van der Waals surface area contributed by atoms with E-state index < -0.39 is 0 Å². The first-order valence-electron chi connectivity index (χ1n) is 6.71. The average Bonchev–Trinajstić information content (AvgIpc) is 3.03. The summed E-state index contributed by atoms with van der Waals surface area (Å²) >= 11 is 6.31. The van der Waals surface area contributed by atoms with Crippen LogP contribution in [0.25, 0.3) is 0 Å². The van der Waals surface area contributed by atoms with Crippen LogP contribution in [0.2, 0.25) is 5.02 Å². The highest BCUT2D eigenvalue weighted by atomic mass is 35.5. The van der Waals surface area contributed by atoms with Crippen LogP contribution in [0.5, 0.6) is 0 Å². The Kier molecular flexibility index (Phi) is 4.99. The van der Waals surface area contributed by atoms with E-state index >= 15 is 0 Å². The molecule has 0 aliphatic carbocycles. The van der Waals surface area contributed by atoms with E-state index in [0.717, 1.165) is 37.4 Å². The Morgan fingerprint density at radius 1 is 1.42 bits per heavy atom. The molecule has 1 atom stereocenters. The van der Waals surface area contributed by atoms with E-state index in [4.69, 9.17) is 11.6 Å². The maximum Gasteiger partial charge on any atom is 0.129 e. The Bertz CT molecular complexity index is 491. The Hall–Kier alpha value is -1.33. The van der Waals surface area contributed by atoms with E-state index in [1.807, 2.05) is 10.9 Å². The zero-order chi connectivity index (χ0) is 13.7. The van der Waals surface area contributed by atoms with Crippen molar-refractivity contribution in [1.82, 2.24) is 25.1 Å². The van der Waals surface area contributed by atoms with Gasteiger partial charge in [-0.3, -0.25) is 4.68 Å². The maximum atomic E-state index is 6.31. The van der Waals surface area contributed by atoms with E-state index in [-0.39, 0.29) is 6.04 Å². The fraction of sp³-hybridized carbons (Fsp3) is 0.538. The molecule has 0 aliphatic rings. The summed E-state index contributed by atoms with van der Waals surface area (Å²) in [6, 6.07) is -0.0449. The molecular weight excluding hydrogens is 262 g/mol. The van der Waals surface area contributed by atoms with Gasteiger partial charge in [0.25, 0.3) is 0 Å². The molecule has 1 unspecified atom stereocenters. The summed E-state index contributed by atoms with van der Waals surface area (Å²) in [6.45, 7) is 6.02. The molecule has 0 radical (unpaired) electrons. The first-order chi connectivity index (χ1) is 9.27. The maximum absolute atomic E-state index is 6.31. The smallest absolute Gasteiger partial charge is 0.129 e. The molecule has 0 aliphatic heterocycles. The van der Waals surface area contributed by atoms with E-state index in [2.05, 4.69) is 34.2 Å². The average molecular weight is 282 g/mol. The zero-order valence-electron chi connectivity index (χ0n) is 11.4. The van der Waals surface area contributed by atoms with Crippen LogP contribution in [0, 0.1) is 0 Å². The first kappa shape index (κ1) is 14.1. The molecule has 2 N–H and O–H groups in total. The highest BCUT2D eigenvalue weighted by Crippen LogP contribution is 2.26. The molecule has 2 aromatic rings. The number of aromatic nitrogens is 4. The second-order valence-corrected chi connectivity index (χ2v) is 4.87. The third-order valence-electron chi connectivity index (χ3n) is 2.93. The topological polar surface area (TPSA) is 58.5 Å². The molecule has 5 nitrogen and oxygen atoms in total. The Labute approximate surface area is 118 Å². The van der Waals surface area contributed by atoms with Gasteiger partial charge in [0.1, 0.15) is 11.9 Å². The predicted octanol–water partition coefficient (Wildman–Crippen LogP) is 2.76. The van der Waals surface area contributed by atoms with Crippen LogP contribution in [0.1, 0.15) is 44.2 Å². The molecule has 0 spiro atoms. The summed E-state index contributed by atoms with van der Waals surface area (Å²) in [7, 11) is 0. The summed E-state index contributed by atoms with van der Waals surface area (Å²) in [6.07, 6.45) is 7.35. The van der Waals surface area contributed by atoms with Crippen molar-refractivity contribution in [3.63, 3.8) is 0 Å². The fourth-order valence-corrected chi connectivity index (χ4v) is 2.35. The molecule has 6 heteroatoms. The predicted molar refractivity (Wildman–Crippen MR) is 76.3 cm³/mol. The molecule has 0 saturated carbocycles. The van der Waals surface area contributed by atoms with Crippen LogP contribution in [-0.2, 0) is 6.54 Å². The van der Waals surface area contributed by atoms with Gasteiger partial charge >= 0.3 is 0 Å². The normalized spacial score (nSPS) is 12.8. The van der Waals surface area contributed by atoms with Crippen molar-refractivity contribution in [2.75, 3.05) is 6.54 Å². The molecule has 2 rings (SSSR count).